The summed E-state index contributed by atoms with van der Waals surface area (Å²) in [6, 6.07) is 12.3. The van der Waals surface area contributed by atoms with Gasteiger partial charge in [0.1, 0.15) is 5.82 Å². The summed E-state index contributed by atoms with van der Waals surface area (Å²) in [5, 5.41) is 2.84. The summed E-state index contributed by atoms with van der Waals surface area (Å²) in [5.74, 6) is -0.908. The molecule has 0 saturated heterocycles. The van der Waals surface area contributed by atoms with Gasteiger partial charge >= 0.3 is 6.18 Å². The van der Waals surface area contributed by atoms with E-state index in [9.17, 15) is 22.8 Å². The van der Waals surface area contributed by atoms with Crippen LogP contribution in [-0.2, 0) is 11.0 Å². The summed E-state index contributed by atoms with van der Waals surface area (Å²) < 4.78 is 40.7. The lowest BCUT2D eigenvalue weighted by Crippen LogP contribution is -2.20. The van der Waals surface area contributed by atoms with E-state index in [-0.39, 0.29) is 22.4 Å². The maximum absolute atomic E-state index is 13.1. The van der Waals surface area contributed by atoms with Gasteiger partial charge in [-0.25, -0.2) is 0 Å². The molecular weight excluding hydrogens is 441 g/mol. The van der Waals surface area contributed by atoms with Gasteiger partial charge in [-0.1, -0.05) is 35.5 Å². The van der Waals surface area contributed by atoms with Crippen LogP contribution in [0.1, 0.15) is 5.56 Å². The van der Waals surface area contributed by atoms with Crippen molar-refractivity contribution in [3.8, 4) is 5.69 Å². The average Bonchev–Trinajstić information content (AvgIpc) is 2.67. The lowest BCUT2D eigenvalue weighted by Gasteiger charge is -2.15. The molecule has 0 bridgehead atoms. The van der Waals surface area contributed by atoms with Crippen molar-refractivity contribution in [2.45, 2.75) is 11.3 Å². The fourth-order valence-electron chi connectivity index (χ4n) is 2.58. The number of rotatable bonds is 5. The molecule has 6 nitrogen and oxygen atoms in total. The van der Waals surface area contributed by atoms with Gasteiger partial charge in [-0.2, -0.15) is 18.2 Å². The Morgan fingerprint density at radius 1 is 1.17 bits per heavy atom. The minimum absolute atomic E-state index is 0.0858. The molecule has 0 unspecified atom stereocenters. The van der Waals surface area contributed by atoms with Gasteiger partial charge in [-0.05, 0) is 36.4 Å². The van der Waals surface area contributed by atoms with E-state index in [1.165, 1.54) is 16.7 Å². The number of hydrogen-bond donors (Lipinski definition) is 2. The summed E-state index contributed by atoms with van der Waals surface area (Å²) in [4.78, 5) is 27.9. The summed E-state index contributed by atoms with van der Waals surface area (Å²) in [7, 11) is 0. The number of carbonyl (C=O) groups is 1. The van der Waals surface area contributed by atoms with E-state index in [4.69, 9.17) is 17.3 Å². The Labute approximate surface area is 177 Å². The first-order valence-corrected chi connectivity index (χ1v) is 9.76. The lowest BCUT2D eigenvalue weighted by atomic mass is 10.1. The largest absolute Gasteiger partial charge is 0.418 e. The molecule has 1 heterocycles. The summed E-state index contributed by atoms with van der Waals surface area (Å²) in [6.07, 6.45) is -4.61. The fraction of sp³-hybridized carbons (Fsp3) is 0.105. The standard InChI is InChI=1S/C19H14ClF3N4O2S/c20-11-5-7-12(8-6-11)27-15(24)9-16(28)26-18(27)30-10-17(29)25-14-4-2-1-3-13(14)19(21,22)23/h1-9H,10,24H2,(H,25,29). The minimum atomic E-state index is -4.61. The van der Waals surface area contributed by atoms with Crippen molar-refractivity contribution in [2.24, 2.45) is 0 Å². The Bertz CT molecular complexity index is 1130. The van der Waals surface area contributed by atoms with Crippen LogP contribution in [0.25, 0.3) is 5.69 Å². The van der Waals surface area contributed by atoms with Crippen molar-refractivity contribution < 1.29 is 18.0 Å². The Kier molecular flexibility index (Phi) is 6.37. The van der Waals surface area contributed by atoms with Crippen LogP contribution in [0.4, 0.5) is 24.7 Å². The van der Waals surface area contributed by atoms with E-state index < -0.39 is 23.2 Å². The van der Waals surface area contributed by atoms with Gasteiger partial charge in [0.15, 0.2) is 5.16 Å². The van der Waals surface area contributed by atoms with Crippen LogP contribution in [0.3, 0.4) is 0 Å². The zero-order valence-electron chi connectivity index (χ0n) is 15.1. The quantitative estimate of drug-likeness (QED) is 0.445. The molecule has 2 aromatic carbocycles. The van der Waals surface area contributed by atoms with Crippen molar-refractivity contribution in [3.05, 3.63) is 75.5 Å². The van der Waals surface area contributed by atoms with Crippen LogP contribution in [0.2, 0.25) is 5.02 Å². The SMILES string of the molecule is Nc1cc(=O)nc(SCC(=O)Nc2ccccc2C(F)(F)F)n1-c1ccc(Cl)cc1. The molecule has 0 atom stereocenters. The summed E-state index contributed by atoms with van der Waals surface area (Å²) in [5.41, 5.74) is 4.57. The van der Waals surface area contributed by atoms with E-state index in [1.807, 2.05) is 0 Å². The number of hydrogen-bond acceptors (Lipinski definition) is 5. The highest BCUT2D eigenvalue weighted by molar-refractivity contribution is 7.99. The molecule has 0 aliphatic carbocycles. The molecule has 3 aromatic rings. The van der Waals surface area contributed by atoms with Crippen LogP contribution < -0.4 is 16.6 Å². The molecule has 3 N–H and O–H groups in total. The van der Waals surface area contributed by atoms with E-state index in [1.54, 1.807) is 24.3 Å². The van der Waals surface area contributed by atoms with Gasteiger partial charge in [0, 0.05) is 16.8 Å². The van der Waals surface area contributed by atoms with Crippen molar-refractivity contribution in [2.75, 3.05) is 16.8 Å². The van der Waals surface area contributed by atoms with Crippen molar-refractivity contribution >= 4 is 40.8 Å². The number of halogens is 4. The van der Waals surface area contributed by atoms with Gasteiger partial charge in [0.05, 0.1) is 17.0 Å². The van der Waals surface area contributed by atoms with E-state index in [2.05, 4.69) is 10.3 Å². The molecule has 0 aliphatic heterocycles. The molecular formula is C19H14ClF3N4O2S. The van der Waals surface area contributed by atoms with Crippen LogP contribution in [0.15, 0.2) is 64.5 Å². The first kappa shape index (κ1) is 21.7. The molecule has 0 saturated carbocycles. The number of nitrogens with one attached hydrogen (secondary N) is 1. The maximum Gasteiger partial charge on any atom is 0.418 e. The third-order valence-electron chi connectivity index (χ3n) is 3.85. The fourth-order valence-corrected chi connectivity index (χ4v) is 3.53. The first-order chi connectivity index (χ1) is 14.1. The molecule has 30 heavy (non-hydrogen) atoms. The number of aromatic nitrogens is 2. The predicted molar refractivity (Wildman–Crippen MR) is 110 cm³/mol. The minimum Gasteiger partial charge on any atom is -0.385 e. The second-order valence-electron chi connectivity index (χ2n) is 5.99. The number of benzene rings is 2. The van der Waals surface area contributed by atoms with Crippen molar-refractivity contribution in [3.63, 3.8) is 0 Å². The number of nitrogen functional groups attached to an aromatic ring is 1. The van der Waals surface area contributed by atoms with Crippen LogP contribution in [0.5, 0.6) is 0 Å². The Morgan fingerprint density at radius 3 is 2.50 bits per heavy atom. The zero-order valence-corrected chi connectivity index (χ0v) is 16.7. The van der Waals surface area contributed by atoms with Gasteiger partial charge in [0.25, 0.3) is 5.56 Å². The third-order valence-corrected chi connectivity index (χ3v) is 5.04. The van der Waals surface area contributed by atoms with E-state index in [0.29, 0.717) is 10.7 Å². The number of nitrogens with two attached hydrogens (primary N) is 1. The van der Waals surface area contributed by atoms with Crippen molar-refractivity contribution in [1.29, 1.82) is 0 Å². The summed E-state index contributed by atoms with van der Waals surface area (Å²) >= 11 is 6.74. The Balaban J connectivity index is 1.82. The molecule has 0 spiro atoms. The van der Waals surface area contributed by atoms with Gasteiger partial charge < -0.3 is 11.1 Å². The Morgan fingerprint density at radius 2 is 1.83 bits per heavy atom. The molecule has 0 aliphatic rings. The van der Waals surface area contributed by atoms with Crippen LogP contribution >= 0.6 is 23.4 Å². The lowest BCUT2D eigenvalue weighted by molar-refractivity contribution is -0.137. The topological polar surface area (TPSA) is 90.0 Å². The number of carbonyl (C=O) groups excluding carboxylic acids is 1. The van der Waals surface area contributed by atoms with Crippen LogP contribution in [-0.4, -0.2) is 21.2 Å². The van der Waals surface area contributed by atoms with Crippen molar-refractivity contribution in [1.82, 2.24) is 9.55 Å². The normalized spacial score (nSPS) is 11.3. The third kappa shape index (κ3) is 5.14. The molecule has 0 fully saturated rings. The monoisotopic (exact) mass is 454 g/mol. The Hall–Kier alpha value is -2.98. The molecule has 11 heteroatoms. The number of alkyl halides is 3. The smallest absolute Gasteiger partial charge is 0.385 e. The molecule has 3 rings (SSSR count). The van der Waals surface area contributed by atoms with Gasteiger partial charge in [-0.15, -0.1) is 0 Å². The molecule has 1 amide bonds. The highest BCUT2D eigenvalue weighted by Crippen LogP contribution is 2.34. The number of nitrogens with zero attached hydrogens (tertiary/aromatic N) is 2. The van der Waals surface area contributed by atoms with E-state index in [0.717, 1.165) is 30.0 Å². The number of amides is 1. The second kappa shape index (κ2) is 8.80. The number of thioether (sulfide) groups is 1. The predicted octanol–water partition coefficient (Wildman–Crippen LogP) is 4.22. The second-order valence-corrected chi connectivity index (χ2v) is 7.37. The zero-order chi connectivity index (χ0) is 21.9. The highest BCUT2D eigenvalue weighted by Gasteiger charge is 2.33. The number of para-hydroxylation sites is 1. The number of anilines is 2. The van der Waals surface area contributed by atoms with Gasteiger partial charge in [0.2, 0.25) is 5.91 Å². The highest BCUT2D eigenvalue weighted by atomic mass is 35.5. The molecule has 0 radical (unpaired) electrons. The van der Waals surface area contributed by atoms with Crippen LogP contribution in [0, 0.1) is 0 Å². The maximum atomic E-state index is 13.1. The molecule has 156 valence electrons. The summed E-state index contributed by atoms with van der Waals surface area (Å²) in [6.45, 7) is 0. The van der Waals surface area contributed by atoms with Gasteiger partial charge in [-0.3, -0.25) is 14.2 Å². The first-order valence-electron chi connectivity index (χ1n) is 8.39. The average molecular weight is 455 g/mol. The molecule has 1 aromatic heterocycles. The van der Waals surface area contributed by atoms with E-state index >= 15 is 0 Å².